The molecule has 2 atom stereocenters. The van der Waals surface area contributed by atoms with Crippen molar-refractivity contribution >= 4 is 38.5 Å². The molecule has 0 aliphatic heterocycles. The fraction of sp³-hybridized carbons (Fsp3) is 1.00. The van der Waals surface area contributed by atoms with Crippen LogP contribution in [0, 0.1) is 5.92 Å². The molecule has 0 amide bonds. The van der Waals surface area contributed by atoms with Gasteiger partial charge >= 0.3 is 93.6 Å². The number of nitrogens with one attached hydrogen (secondary N) is 1. The second kappa shape index (κ2) is 12.3. The summed E-state index contributed by atoms with van der Waals surface area (Å²) in [7, 11) is 0. The first-order valence-corrected chi connectivity index (χ1v) is 8.10. The maximum absolute atomic E-state index is 5.55. The van der Waals surface area contributed by atoms with Crippen molar-refractivity contribution in [1.82, 2.24) is 5.32 Å². The molecule has 0 aliphatic rings. The molecule has 0 aromatic rings. The van der Waals surface area contributed by atoms with E-state index in [1.807, 2.05) is 0 Å². The number of hydrogen-bond acceptors (Lipinski definition) is 2. The molecule has 0 saturated heterocycles. The van der Waals surface area contributed by atoms with E-state index >= 15 is 0 Å². The standard InChI is InChI=1S/C8H18N.C2H5O.BrH.Sn/c1-4-6-8(3)7-9-5-2;1-2-3;;/h4,8-9H,5-7H2,1-3H3;2H2,1H3;1H;/q;-1;;+1. The Labute approximate surface area is 110 Å². The summed E-state index contributed by atoms with van der Waals surface area (Å²) in [5.41, 5.74) is 0. The Balaban J connectivity index is 0. The molecule has 2 unspecified atom stereocenters. The van der Waals surface area contributed by atoms with Gasteiger partial charge in [-0.15, -0.1) is 17.0 Å². The molecule has 0 aromatic heterocycles. The van der Waals surface area contributed by atoms with Gasteiger partial charge in [0.05, 0.1) is 0 Å². The topological polar surface area (TPSA) is 21.3 Å². The van der Waals surface area contributed by atoms with E-state index in [0.717, 1.165) is 29.5 Å². The second-order valence-electron chi connectivity index (χ2n) is 3.60. The molecule has 0 aromatic carbocycles. The average Bonchev–Trinajstić information content (AvgIpc) is 2.11. The number of hydrogen-bond donors (Lipinski definition) is 1. The summed E-state index contributed by atoms with van der Waals surface area (Å²) in [6.45, 7) is 12.1. The zero-order valence-corrected chi connectivity index (χ0v) is 14.4. The first-order valence-electron chi connectivity index (χ1n) is 5.28. The van der Waals surface area contributed by atoms with Gasteiger partial charge in [0.15, 0.2) is 0 Å². The van der Waals surface area contributed by atoms with Gasteiger partial charge in [0.25, 0.3) is 0 Å². The summed E-state index contributed by atoms with van der Waals surface area (Å²) in [4.78, 5) is 0. The van der Waals surface area contributed by atoms with E-state index in [2.05, 4.69) is 33.0 Å². The van der Waals surface area contributed by atoms with Crippen LogP contribution in [0.1, 0.15) is 34.1 Å². The van der Waals surface area contributed by atoms with Crippen molar-refractivity contribution in [3.63, 3.8) is 0 Å². The number of halogens is 1. The van der Waals surface area contributed by atoms with Crippen molar-refractivity contribution in [2.45, 2.75) is 38.0 Å². The van der Waals surface area contributed by atoms with Crippen LogP contribution >= 0.6 is 17.0 Å². The van der Waals surface area contributed by atoms with Gasteiger partial charge in [-0.05, 0) is 0 Å². The van der Waals surface area contributed by atoms with E-state index in [0.29, 0.717) is 0 Å². The molecular weight excluding hydrogens is 349 g/mol. The zero-order valence-electron chi connectivity index (χ0n) is 9.80. The Kier molecular flexibility index (Phi) is 15.4. The van der Waals surface area contributed by atoms with Crippen molar-refractivity contribution < 1.29 is 3.07 Å². The van der Waals surface area contributed by atoms with E-state index in [1.54, 1.807) is 0 Å². The summed E-state index contributed by atoms with van der Waals surface area (Å²) in [5.74, 6) is 0.802. The predicted molar refractivity (Wildman–Crippen MR) is 69.5 cm³/mol. The minimum absolute atomic E-state index is 0. The molecule has 2 radical (unpaired) electrons. The van der Waals surface area contributed by atoms with E-state index in [4.69, 9.17) is 3.07 Å². The Bertz CT molecular complexity index is 104. The van der Waals surface area contributed by atoms with Crippen LogP contribution in [0.3, 0.4) is 0 Å². The van der Waals surface area contributed by atoms with Gasteiger partial charge < -0.3 is 0 Å². The average molecular weight is 373 g/mol. The van der Waals surface area contributed by atoms with Crippen LogP contribution in [0.4, 0.5) is 0 Å². The van der Waals surface area contributed by atoms with Gasteiger partial charge in [0.1, 0.15) is 0 Å². The fourth-order valence-corrected chi connectivity index (χ4v) is 4.06. The summed E-state index contributed by atoms with van der Waals surface area (Å²) in [6.07, 6.45) is 1.33. The van der Waals surface area contributed by atoms with Crippen LogP contribution in [0.2, 0.25) is 3.93 Å². The van der Waals surface area contributed by atoms with Crippen LogP contribution in [0.5, 0.6) is 0 Å². The Morgan fingerprint density at radius 2 is 1.93 bits per heavy atom. The van der Waals surface area contributed by atoms with Crippen LogP contribution in [0.25, 0.3) is 0 Å². The fourth-order valence-electron chi connectivity index (χ4n) is 1.35. The normalized spacial score (nSPS) is 14.6. The van der Waals surface area contributed by atoms with E-state index < -0.39 is 21.6 Å². The molecule has 0 rings (SSSR count). The van der Waals surface area contributed by atoms with Crippen LogP contribution < -0.4 is 5.32 Å². The van der Waals surface area contributed by atoms with E-state index in [9.17, 15) is 0 Å². The quantitative estimate of drug-likeness (QED) is 0.661. The van der Waals surface area contributed by atoms with Crippen LogP contribution in [-0.4, -0.2) is 41.3 Å². The Hall–Kier alpha value is 1.20. The molecule has 14 heavy (non-hydrogen) atoms. The van der Waals surface area contributed by atoms with Gasteiger partial charge in [-0.3, -0.25) is 0 Å². The van der Waals surface area contributed by atoms with Gasteiger partial charge in [-0.2, -0.15) is 0 Å². The van der Waals surface area contributed by atoms with Gasteiger partial charge in [0.2, 0.25) is 0 Å². The summed E-state index contributed by atoms with van der Waals surface area (Å²) in [5, 5.41) is 3.39. The molecule has 0 aliphatic carbocycles. The maximum atomic E-state index is 5.55. The van der Waals surface area contributed by atoms with Crippen molar-refractivity contribution in [3.8, 4) is 0 Å². The van der Waals surface area contributed by atoms with Crippen molar-refractivity contribution in [3.05, 3.63) is 0 Å². The third kappa shape index (κ3) is 11.3. The van der Waals surface area contributed by atoms with Crippen molar-refractivity contribution in [1.29, 1.82) is 0 Å². The first-order chi connectivity index (χ1) is 6.20. The predicted octanol–water partition coefficient (Wildman–Crippen LogP) is 2.66. The first kappa shape index (κ1) is 17.6. The molecule has 86 valence electrons. The third-order valence-corrected chi connectivity index (χ3v) is 5.05. The van der Waals surface area contributed by atoms with Gasteiger partial charge in [-0.1, -0.05) is 0 Å². The Morgan fingerprint density at radius 3 is 2.43 bits per heavy atom. The summed E-state index contributed by atoms with van der Waals surface area (Å²) < 4.78 is 6.41. The molecule has 4 heteroatoms. The minimum atomic E-state index is -0.520. The van der Waals surface area contributed by atoms with Gasteiger partial charge in [-0.25, -0.2) is 0 Å². The third-order valence-electron chi connectivity index (χ3n) is 1.93. The second-order valence-corrected chi connectivity index (χ2v) is 7.91. The molecular formula is C10H24BrNOSn. The monoisotopic (exact) mass is 373 g/mol. The summed E-state index contributed by atoms with van der Waals surface area (Å²) >= 11 is -0.520. The molecule has 0 heterocycles. The molecule has 1 N–H and O–H groups in total. The molecule has 0 saturated carbocycles. The van der Waals surface area contributed by atoms with Crippen molar-refractivity contribution in [2.75, 3.05) is 19.7 Å². The van der Waals surface area contributed by atoms with E-state index in [-0.39, 0.29) is 17.0 Å². The molecule has 0 fully saturated rings. The number of rotatable bonds is 8. The van der Waals surface area contributed by atoms with Gasteiger partial charge in [0, 0.05) is 0 Å². The van der Waals surface area contributed by atoms with E-state index in [1.165, 1.54) is 6.42 Å². The molecule has 0 bridgehead atoms. The molecule has 2 nitrogen and oxygen atoms in total. The Morgan fingerprint density at radius 1 is 1.29 bits per heavy atom. The summed E-state index contributed by atoms with van der Waals surface area (Å²) in [6, 6.07) is 0. The SMILES string of the molecule is Br.CCNCC(C)C[CH](C)[Sn][O]CC. The van der Waals surface area contributed by atoms with Crippen LogP contribution in [0.15, 0.2) is 0 Å². The molecule has 0 spiro atoms. The van der Waals surface area contributed by atoms with Crippen molar-refractivity contribution in [2.24, 2.45) is 5.92 Å². The van der Waals surface area contributed by atoms with Crippen LogP contribution in [-0.2, 0) is 3.07 Å². The zero-order chi connectivity index (χ0) is 10.1.